The molecule has 0 saturated heterocycles. The highest BCUT2D eigenvalue weighted by molar-refractivity contribution is 5.87. The van der Waals surface area contributed by atoms with Gasteiger partial charge in [-0.25, -0.2) is 0 Å². The molecule has 6 nitrogen and oxygen atoms in total. The lowest BCUT2D eigenvalue weighted by Gasteiger charge is -2.22. The first-order valence-electron chi connectivity index (χ1n) is 5.59. The summed E-state index contributed by atoms with van der Waals surface area (Å²) in [5.41, 5.74) is 5.74. The van der Waals surface area contributed by atoms with Crippen molar-refractivity contribution in [3.8, 4) is 0 Å². The number of nitrogens with zero attached hydrogens (tertiary/aromatic N) is 2. The number of hydrogen-bond acceptors (Lipinski definition) is 4. The van der Waals surface area contributed by atoms with Gasteiger partial charge in [0, 0.05) is 34.9 Å². The Balaban J connectivity index is 4.06. The predicted molar refractivity (Wildman–Crippen MR) is 65.4 cm³/mol. The third-order valence-corrected chi connectivity index (χ3v) is 2.43. The molecular formula is C11H23N3O3. The molecule has 1 unspecified atom stereocenters. The molecule has 0 radical (unpaired) electrons. The van der Waals surface area contributed by atoms with Crippen LogP contribution in [0.1, 0.15) is 12.8 Å². The second-order valence-electron chi connectivity index (χ2n) is 4.22. The monoisotopic (exact) mass is 245 g/mol. The Morgan fingerprint density at radius 3 is 2.35 bits per heavy atom. The molecule has 0 aromatic heterocycles. The molecule has 2 N–H and O–H groups in total. The van der Waals surface area contributed by atoms with Gasteiger partial charge < -0.3 is 20.3 Å². The minimum atomic E-state index is -0.565. The van der Waals surface area contributed by atoms with Gasteiger partial charge in [0.05, 0.1) is 12.6 Å². The van der Waals surface area contributed by atoms with Crippen LogP contribution in [0.3, 0.4) is 0 Å². The molecule has 17 heavy (non-hydrogen) atoms. The third kappa shape index (κ3) is 6.23. The first kappa shape index (κ1) is 15.9. The smallest absolute Gasteiger partial charge is 0.241 e. The van der Waals surface area contributed by atoms with E-state index in [1.54, 1.807) is 28.3 Å². The molecule has 0 rings (SSSR count). The van der Waals surface area contributed by atoms with Gasteiger partial charge in [-0.2, -0.15) is 0 Å². The molecule has 6 heteroatoms. The minimum Gasteiger partial charge on any atom is -0.385 e. The zero-order valence-electron chi connectivity index (χ0n) is 11.1. The van der Waals surface area contributed by atoms with Crippen LogP contribution >= 0.6 is 0 Å². The SMILES string of the molecule is COCCCC(N)C(=O)N(C)CC(=O)N(C)C. The van der Waals surface area contributed by atoms with Crippen LogP contribution in [0.15, 0.2) is 0 Å². The highest BCUT2D eigenvalue weighted by Crippen LogP contribution is 1.99. The van der Waals surface area contributed by atoms with E-state index in [-0.39, 0.29) is 18.4 Å². The summed E-state index contributed by atoms with van der Waals surface area (Å²) in [6.45, 7) is 0.644. The van der Waals surface area contributed by atoms with Crippen molar-refractivity contribution in [1.82, 2.24) is 9.80 Å². The zero-order chi connectivity index (χ0) is 13.4. The van der Waals surface area contributed by atoms with Crippen LogP contribution in [-0.2, 0) is 14.3 Å². The lowest BCUT2D eigenvalue weighted by Crippen LogP contribution is -2.45. The van der Waals surface area contributed by atoms with Crippen LogP contribution in [0.4, 0.5) is 0 Å². The summed E-state index contributed by atoms with van der Waals surface area (Å²) in [7, 11) is 6.49. The van der Waals surface area contributed by atoms with E-state index in [9.17, 15) is 9.59 Å². The first-order chi connectivity index (χ1) is 7.90. The molecule has 0 aromatic rings. The number of ether oxygens (including phenoxy) is 1. The molecule has 0 fully saturated rings. The van der Waals surface area contributed by atoms with Gasteiger partial charge in [-0.1, -0.05) is 0 Å². The van der Waals surface area contributed by atoms with Gasteiger partial charge in [0.2, 0.25) is 11.8 Å². The van der Waals surface area contributed by atoms with Crippen molar-refractivity contribution in [3.05, 3.63) is 0 Å². The Hall–Kier alpha value is -1.14. The van der Waals surface area contributed by atoms with Gasteiger partial charge in [0.15, 0.2) is 0 Å². The van der Waals surface area contributed by atoms with E-state index < -0.39 is 6.04 Å². The topological polar surface area (TPSA) is 75.9 Å². The van der Waals surface area contributed by atoms with Crippen molar-refractivity contribution in [2.24, 2.45) is 5.73 Å². The molecule has 0 aliphatic heterocycles. The van der Waals surface area contributed by atoms with Gasteiger partial charge in [0.1, 0.15) is 0 Å². The lowest BCUT2D eigenvalue weighted by molar-refractivity contribution is -0.138. The van der Waals surface area contributed by atoms with E-state index in [0.717, 1.165) is 6.42 Å². The number of amides is 2. The molecule has 0 aliphatic rings. The van der Waals surface area contributed by atoms with Gasteiger partial charge in [0.25, 0.3) is 0 Å². The second kappa shape index (κ2) is 8.03. The highest BCUT2D eigenvalue weighted by Gasteiger charge is 2.20. The van der Waals surface area contributed by atoms with Crippen LogP contribution in [0.5, 0.6) is 0 Å². The molecule has 100 valence electrons. The summed E-state index contributed by atoms with van der Waals surface area (Å²) >= 11 is 0. The molecule has 0 aromatic carbocycles. The molecule has 0 heterocycles. The second-order valence-corrected chi connectivity index (χ2v) is 4.22. The van der Waals surface area contributed by atoms with Crippen molar-refractivity contribution in [3.63, 3.8) is 0 Å². The Kier molecular flexibility index (Phi) is 7.49. The number of nitrogens with two attached hydrogens (primary N) is 1. The fraction of sp³-hybridized carbons (Fsp3) is 0.818. The summed E-state index contributed by atoms with van der Waals surface area (Å²) in [5.74, 6) is -0.332. The number of carbonyl (C=O) groups is 2. The molecule has 0 spiro atoms. The highest BCUT2D eigenvalue weighted by atomic mass is 16.5. The van der Waals surface area contributed by atoms with Crippen LogP contribution < -0.4 is 5.73 Å². The quantitative estimate of drug-likeness (QED) is 0.601. The van der Waals surface area contributed by atoms with Crippen molar-refractivity contribution < 1.29 is 14.3 Å². The van der Waals surface area contributed by atoms with Crippen molar-refractivity contribution in [2.75, 3.05) is 41.4 Å². The van der Waals surface area contributed by atoms with Crippen LogP contribution in [0.2, 0.25) is 0 Å². The van der Waals surface area contributed by atoms with E-state index >= 15 is 0 Å². The van der Waals surface area contributed by atoms with Crippen LogP contribution in [0, 0.1) is 0 Å². The summed E-state index contributed by atoms with van der Waals surface area (Å²) in [5, 5.41) is 0. The van der Waals surface area contributed by atoms with Gasteiger partial charge in [-0.05, 0) is 12.8 Å². The number of carbonyl (C=O) groups excluding carboxylic acids is 2. The number of methoxy groups -OCH3 is 1. The molecule has 0 aliphatic carbocycles. The first-order valence-corrected chi connectivity index (χ1v) is 5.59. The standard InChI is InChI=1S/C11H23N3O3/c1-13(2)10(15)8-14(3)11(16)9(12)6-5-7-17-4/h9H,5-8,12H2,1-4H3. The van der Waals surface area contributed by atoms with E-state index in [2.05, 4.69) is 0 Å². The molecule has 2 amide bonds. The van der Waals surface area contributed by atoms with Crippen molar-refractivity contribution in [1.29, 1.82) is 0 Å². The number of likely N-dealkylation sites (N-methyl/N-ethyl adjacent to an activating group) is 2. The number of hydrogen-bond donors (Lipinski definition) is 1. The maximum absolute atomic E-state index is 11.8. The van der Waals surface area contributed by atoms with Gasteiger partial charge >= 0.3 is 0 Å². The average Bonchev–Trinajstić information content (AvgIpc) is 2.27. The maximum atomic E-state index is 11.8. The average molecular weight is 245 g/mol. The molecule has 0 bridgehead atoms. The Morgan fingerprint density at radius 1 is 1.29 bits per heavy atom. The fourth-order valence-electron chi connectivity index (χ4n) is 1.28. The van der Waals surface area contributed by atoms with Crippen molar-refractivity contribution in [2.45, 2.75) is 18.9 Å². The fourth-order valence-corrected chi connectivity index (χ4v) is 1.28. The lowest BCUT2D eigenvalue weighted by atomic mass is 10.1. The van der Waals surface area contributed by atoms with Gasteiger partial charge in [-0.3, -0.25) is 9.59 Å². The van der Waals surface area contributed by atoms with E-state index in [4.69, 9.17) is 10.5 Å². The largest absolute Gasteiger partial charge is 0.385 e. The Morgan fingerprint density at radius 2 is 1.88 bits per heavy atom. The zero-order valence-corrected chi connectivity index (χ0v) is 11.1. The third-order valence-electron chi connectivity index (χ3n) is 2.43. The Bertz CT molecular complexity index is 256. The maximum Gasteiger partial charge on any atom is 0.241 e. The van der Waals surface area contributed by atoms with Crippen LogP contribution in [0.25, 0.3) is 0 Å². The summed E-state index contributed by atoms with van der Waals surface area (Å²) in [6.07, 6.45) is 1.30. The Labute approximate surface area is 103 Å². The summed E-state index contributed by atoms with van der Waals surface area (Å²) < 4.78 is 4.89. The van der Waals surface area contributed by atoms with Gasteiger partial charge in [-0.15, -0.1) is 0 Å². The predicted octanol–water partition coefficient (Wildman–Crippen LogP) is -0.713. The summed E-state index contributed by atoms with van der Waals surface area (Å²) in [6, 6.07) is -0.565. The molecule has 1 atom stereocenters. The van der Waals surface area contributed by atoms with Crippen LogP contribution in [-0.4, -0.2) is 69.1 Å². The molecular weight excluding hydrogens is 222 g/mol. The minimum absolute atomic E-state index is 0.0593. The van der Waals surface area contributed by atoms with E-state index in [0.29, 0.717) is 13.0 Å². The number of rotatable bonds is 7. The summed E-state index contributed by atoms with van der Waals surface area (Å²) in [4.78, 5) is 26.0. The van der Waals surface area contributed by atoms with E-state index in [1.807, 2.05) is 0 Å². The van der Waals surface area contributed by atoms with E-state index in [1.165, 1.54) is 9.80 Å². The molecule has 0 saturated carbocycles. The normalized spacial score (nSPS) is 12.1. The van der Waals surface area contributed by atoms with Crippen molar-refractivity contribution >= 4 is 11.8 Å².